The van der Waals surface area contributed by atoms with Crippen LogP contribution in [-0.4, -0.2) is 24.2 Å². The minimum Gasteiger partial charge on any atom is -0.344 e. The van der Waals surface area contributed by atoms with Gasteiger partial charge in [0, 0.05) is 34.9 Å². The Kier molecular flexibility index (Phi) is 5.59. The van der Waals surface area contributed by atoms with Crippen LogP contribution in [0.1, 0.15) is 25.6 Å². The zero-order chi connectivity index (χ0) is 18.2. The molecule has 0 aliphatic rings. The number of hydrogen-bond donors (Lipinski definition) is 1. The van der Waals surface area contributed by atoms with Gasteiger partial charge < -0.3 is 4.57 Å². The van der Waals surface area contributed by atoms with E-state index in [1.165, 1.54) is 0 Å². The first kappa shape index (κ1) is 19.8. The molecule has 1 aromatic carbocycles. The van der Waals surface area contributed by atoms with Crippen LogP contribution >= 0.6 is 12.4 Å². The fraction of sp³-hybridized carbons (Fsp3) is 0.222. The van der Waals surface area contributed by atoms with Gasteiger partial charge in [-0.15, -0.1) is 12.4 Å². The highest BCUT2D eigenvalue weighted by molar-refractivity contribution is 7.92. The lowest BCUT2D eigenvalue weighted by Gasteiger charge is -2.10. The van der Waals surface area contributed by atoms with Crippen LogP contribution in [0.15, 0.2) is 42.7 Å². The average Bonchev–Trinajstić information content (AvgIpc) is 2.92. The Labute approximate surface area is 158 Å². The third-order valence-electron chi connectivity index (χ3n) is 3.88. The number of rotatable bonds is 4. The second kappa shape index (κ2) is 7.36. The number of pyridine rings is 1. The maximum Gasteiger partial charge on any atom is 0.229 e. The van der Waals surface area contributed by atoms with Gasteiger partial charge in [-0.1, -0.05) is 6.07 Å². The van der Waals surface area contributed by atoms with Gasteiger partial charge in [-0.3, -0.25) is 4.72 Å². The number of anilines is 1. The lowest BCUT2D eigenvalue weighted by molar-refractivity contribution is 0.607. The molecule has 2 heterocycles. The number of nitrogens with zero attached hydrogens (tertiary/aromatic N) is 3. The van der Waals surface area contributed by atoms with Gasteiger partial charge in [-0.25, -0.2) is 13.4 Å². The van der Waals surface area contributed by atoms with Crippen molar-refractivity contribution in [3.8, 4) is 17.2 Å². The molecule has 6 nitrogen and oxygen atoms in total. The van der Waals surface area contributed by atoms with Gasteiger partial charge >= 0.3 is 0 Å². The predicted octanol–water partition coefficient (Wildman–Crippen LogP) is 3.95. The number of benzene rings is 1. The summed E-state index contributed by atoms with van der Waals surface area (Å²) in [5.74, 6) is 0. The van der Waals surface area contributed by atoms with Crippen LogP contribution in [0.2, 0.25) is 0 Å². The third kappa shape index (κ3) is 3.98. The quantitative estimate of drug-likeness (QED) is 0.730. The summed E-state index contributed by atoms with van der Waals surface area (Å²) < 4.78 is 27.6. The Hall–Kier alpha value is -2.56. The van der Waals surface area contributed by atoms with Crippen LogP contribution < -0.4 is 4.72 Å². The molecule has 0 unspecified atom stereocenters. The summed E-state index contributed by atoms with van der Waals surface area (Å²) in [6, 6.07) is 11.2. The topological polar surface area (TPSA) is 87.8 Å². The zero-order valence-electron chi connectivity index (χ0n) is 14.6. The predicted molar refractivity (Wildman–Crippen MR) is 106 cm³/mol. The average molecular weight is 391 g/mol. The molecular weight excluding hydrogens is 372 g/mol. The molecule has 0 radical (unpaired) electrons. The number of halogens is 1. The van der Waals surface area contributed by atoms with Crippen molar-refractivity contribution in [1.82, 2.24) is 9.55 Å². The van der Waals surface area contributed by atoms with Gasteiger partial charge in [-0.2, -0.15) is 5.26 Å². The maximum absolute atomic E-state index is 11.5. The Morgan fingerprint density at radius 2 is 1.96 bits per heavy atom. The summed E-state index contributed by atoms with van der Waals surface area (Å²) in [5.41, 5.74) is 3.73. The lowest BCUT2D eigenvalue weighted by atomic mass is 10.1. The van der Waals surface area contributed by atoms with E-state index in [9.17, 15) is 8.42 Å². The van der Waals surface area contributed by atoms with Crippen LogP contribution in [0.5, 0.6) is 0 Å². The molecule has 0 amide bonds. The molecule has 0 aliphatic carbocycles. The summed E-state index contributed by atoms with van der Waals surface area (Å²) in [4.78, 5) is 4.14. The lowest BCUT2D eigenvalue weighted by Crippen LogP contribution is -2.09. The Balaban J connectivity index is 0.00000243. The van der Waals surface area contributed by atoms with Crippen molar-refractivity contribution in [2.75, 3.05) is 11.0 Å². The van der Waals surface area contributed by atoms with E-state index in [1.807, 2.05) is 30.5 Å². The van der Waals surface area contributed by atoms with Crippen LogP contribution in [0.4, 0.5) is 5.69 Å². The largest absolute Gasteiger partial charge is 0.344 e. The molecule has 0 fully saturated rings. The van der Waals surface area contributed by atoms with Crippen LogP contribution in [0, 0.1) is 11.3 Å². The van der Waals surface area contributed by atoms with Crippen molar-refractivity contribution >= 4 is 39.0 Å². The number of nitrogens with one attached hydrogen (secondary N) is 1. The summed E-state index contributed by atoms with van der Waals surface area (Å²) in [5, 5.41) is 9.90. The second-order valence-corrected chi connectivity index (χ2v) is 7.94. The first-order valence-corrected chi connectivity index (χ1v) is 9.66. The van der Waals surface area contributed by atoms with Crippen LogP contribution in [0.25, 0.3) is 22.0 Å². The van der Waals surface area contributed by atoms with Gasteiger partial charge in [0.1, 0.15) is 11.8 Å². The van der Waals surface area contributed by atoms with E-state index in [2.05, 4.69) is 28.1 Å². The first-order chi connectivity index (χ1) is 11.8. The van der Waals surface area contributed by atoms with Crippen molar-refractivity contribution in [3.63, 3.8) is 0 Å². The summed E-state index contributed by atoms with van der Waals surface area (Å²) >= 11 is 0. The molecule has 2 aromatic heterocycles. The molecule has 0 bridgehead atoms. The van der Waals surface area contributed by atoms with Crippen molar-refractivity contribution in [1.29, 1.82) is 5.26 Å². The van der Waals surface area contributed by atoms with E-state index >= 15 is 0 Å². The molecule has 8 heteroatoms. The number of nitriles is 1. The van der Waals surface area contributed by atoms with Crippen molar-refractivity contribution < 1.29 is 8.42 Å². The van der Waals surface area contributed by atoms with Gasteiger partial charge in [0.25, 0.3) is 0 Å². The van der Waals surface area contributed by atoms with Crippen LogP contribution in [-0.2, 0) is 10.0 Å². The monoisotopic (exact) mass is 390 g/mol. The first-order valence-electron chi connectivity index (χ1n) is 7.77. The Bertz CT molecular complexity index is 1080. The zero-order valence-corrected chi connectivity index (χ0v) is 16.2. The molecular formula is C18H19ClN4O2S. The molecule has 3 aromatic rings. The molecule has 136 valence electrons. The SMILES string of the molecule is CC(C)n1cc(-c2ccc(C#N)nc2)c2ccc(NS(C)(=O)=O)cc21.Cl. The summed E-state index contributed by atoms with van der Waals surface area (Å²) in [6.07, 6.45) is 4.84. The van der Waals surface area contributed by atoms with E-state index in [4.69, 9.17) is 5.26 Å². The van der Waals surface area contributed by atoms with Gasteiger partial charge in [0.05, 0.1) is 17.5 Å². The highest BCUT2D eigenvalue weighted by Gasteiger charge is 2.14. The standard InChI is InChI=1S/C18H18N4O2S.ClH/c1-12(2)22-11-17(13-4-5-15(9-19)20-10-13)16-7-6-14(8-18(16)22)21-25(3,23)24;/h4-8,10-12,21H,1-3H3;1H. The summed E-state index contributed by atoms with van der Waals surface area (Å²) in [6.45, 7) is 4.13. The van der Waals surface area contributed by atoms with Crippen LogP contribution in [0.3, 0.4) is 0 Å². The van der Waals surface area contributed by atoms with E-state index in [-0.39, 0.29) is 18.4 Å². The third-order valence-corrected chi connectivity index (χ3v) is 4.49. The minimum atomic E-state index is -3.33. The van der Waals surface area contributed by atoms with Gasteiger partial charge in [0.2, 0.25) is 10.0 Å². The molecule has 0 saturated carbocycles. The number of fused-ring (bicyclic) bond motifs is 1. The number of aromatic nitrogens is 2. The van der Waals surface area contributed by atoms with Gasteiger partial charge in [0.15, 0.2) is 0 Å². The van der Waals surface area contributed by atoms with E-state index in [0.29, 0.717) is 11.4 Å². The van der Waals surface area contributed by atoms with Gasteiger partial charge in [-0.05, 0) is 38.1 Å². The molecule has 1 N–H and O–H groups in total. The second-order valence-electron chi connectivity index (χ2n) is 6.19. The smallest absolute Gasteiger partial charge is 0.229 e. The molecule has 0 saturated heterocycles. The number of sulfonamides is 1. The fourth-order valence-corrected chi connectivity index (χ4v) is 3.36. The minimum absolute atomic E-state index is 0. The van der Waals surface area contributed by atoms with E-state index in [1.54, 1.807) is 18.3 Å². The number of hydrogen-bond acceptors (Lipinski definition) is 4. The van der Waals surface area contributed by atoms with Crippen molar-refractivity contribution in [2.45, 2.75) is 19.9 Å². The maximum atomic E-state index is 11.5. The Morgan fingerprint density at radius 3 is 2.50 bits per heavy atom. The highest BCUT2D eigenvalue weighted by Crippen LogP contribution is 2.34. The molecule has 0 atom stereocenters. The van der Waals surface area contributed by atoms with Crippen molar-refractivity contribution in [3.05, 3.63) is 48.4 Å². The molecule has 3 rings (SSSR count). The molecule has 26 heavy (non-hydrogen) atoms. The van der Waals surface area contributed by atoms with E-state index < -0.39 is 10.0 Å². The molecule has 0 aliphatic heterocycles. The normalized spacial score (nSPS) is 11.2. The highest BCUT2D eigenvalue weighted by atomic mass is 35.5. The summed E-state index contributed by atoms with van der Waals surface area (Å²) in [7, 11) is -3.33. The Morgan fingerprint density at radius 1 is 1.23 bits per heavy atom. The fourth-order valence-electron chi connectivity index (χ4n) is 2.81. The van der Waals surface area contributed by atoms with Crippen molar-refractivity contribution in [2.24, 2.45) is 0 Å². The molecule has 0 spiro atoms. The van der Waals surface area contributed by atoms with E-state index in [0.717, 1.165) is 28.3 Å².